The van der Waals surface area contributed by atoms with Gasteiger partial charge in [0.15, 0.2) is 11.5 Å². The second kappa shape index (κ2) is 13.6. The molecule has 224 valence electrons. The molecule has 0 spiro atoms. The van der Waals surface area contributed by atoms with Crippen molar-refractivity contribution < 1.29 is 28.3 Å². The number of nitrogens with one attached hydrogen (secondary N) is 2. The predicted molar refractivity (Wildman–Crippen MR) is 153 cm³/mol. The summed E-state index contributed by atoms with van der Waals surface area (Å²) in [5.41, 5.74) is 7.83. The standard InChI is InChI=1S/C26H38N7O7P/c1-17(2)40-24(34)18(3)31-41(36,32-8-10-38-11-9-32)16-20-7-5-6-19(14-20)15-33-23-21(28-26(33)35)22(27)29-25(30-23)39-13-12-37-4/h5-7,14,17-18H,8-13,15-16H2,1-4H3,(H,28,35)(H,31,36)(H2,27,29,30)/t18-,41?/m0/s1. The Morgan fingerprint density at radius 3 is 2.63 bits per heavy atom. The van der Waals surface area contributed by atoms with Crippen LogP contribution in [-0.2, 0) is 36.3 Å². The van der Waals surface area contributed by atoms with Crippen molar-refractivity contribution >= 4 is 30.4 Å². The van der Waals surface area contributed by atoms with Crippen molar-refractivity contribution in [1.29, 1.82) is 0 Å². The second-order valence-corrected chi connectivity index (χ2v) is 12.6. The number of nitrogen functional groups attached to an aromatic ring is 1. The van der Waals surface area contributed by atoms with Crippen molar-refractivity contribution in [3.05, 3.63) is 45.9 Å². The maximum atomic E-state index is 14.4. The Kier molecular flexibility index (Phi) is 10.2. The normalized spacial score (nSPS) is 16.5. The molecule has 0 bridgehead atoms. The third-order valence-electron chi connectivity index (χ3n) is 6.42. The molecule has 15 heteroatoms. The van der Waals surface area contributed by atoms with Gasteiger partial charge in [-0.2, -0.15) is 9.97 Å². The molecule has 41 heavy (non-hydrogen) atoms. The number of carbonyl (C=O) groups is 1. The highest BCUT2D eigenvalue weighted by Gasteiger charge is 2.35. The number of esters is 1. The lowest BCUT2D eigenvalue weighted by Crippen LogP contribution is -2.43. The molecule has 0 amide bonds. The number of aromatic amines is 1. The van der Waals surface area contributed by atoms with E-state index in [1.165, 1.54) is 4.57 Å². The summed E-state index contributed by atoms with van der Waals surface area (Å²) in [6.45, 7) is 7.76. The van der Waals surface area contributed by atoms with E-state index in [1.54, 1.807) is 27.9 Å². The number of morpholine rings is 1. The summed E-state index contributed by atoms with van der Waals surface area (Å²) in [5, 5.41) is 3.09. The number of nitrogens with two attached hydrogens (primary N) is 1. The van der Waals surface area contributed by atoms with Gasteiger partial charge in [0.1, 0.15) is 18.2 Å². The molecule has 1 unspecified atom stereocenters. The molecule has 1 aliphatic heterocycles. The molecule has 4 N–H and O–H groups in total. The summed E-state index contributed by atoms with van der Waals surface area (Å²) in [5.74, 6) is -0.373. The van der Waals surface area contributed by atoms with Gasteiger partial charge in [0.25, 0.3) is 0 Å². The fraction of sp³-hybridized carbons (Fsp3) is 0.538. The molecule has 2 aromatic heterocycles. The number of nitrogens with zero attached hydrogens (tertiary/aromatic N) is 4. The van der Waals surface area contributed by atoms with E-state index in [9.17, 15) is 14.2 Å². The SMILES string of the molecule is COCCOc1nc(N)c2[nH]c(=O)n(Cc3cccc(CP(=O)(N[C@@H](C)C(=O)OC(C)C)N4CCOCC4)c3)c2n1. The molecule has 2 atom stereocenters. The van der Waals surface area contributed by atoms with Gasteiger partial charge in [-0.3, -0.25) is 13.9 Å². The molecule has 0 saturated carbocycles. The number of fused-ring (bicyclic) bond motifs is 1. The number of aromatic nitrogens is 4. The number of ether oxygens (including phenoxy) is 4. The third kappa shape index (κ3) is 7.72. The average Bonchev–Trinajstić information content (AvgIpc) is 3.24. The molecule has 0 radical (unpaired) electrons. The molecular formula is C26H38N7O7P. The van der Waals surface area contributed by atoms with Gasteiger partial charge in [-0.25, -0.2) is 14.6 Å². The van der Waals surface area contributed by atoms with Gasteiger partial charge in [0, 0.05) is 20.2 Å². The smallest absolute Gasteiger partial charge is 0.328 e. The van der Waals surface area contributed by atoms with Gasteiger partial charge >= 0.3 is 17.7 Å². The molecular weight excluding hydrogens is 553 g/mol. The highest BCUT2D eigenvalue weighted by atomic mass is 31.2. The van der Waals surface area contributed by atoms with E-state index < -0.39 is 25.1 Å². The molecule has 1 saturated heterocycles. The van der Waals surface area contributed by atoms with E-state index in [0.717, 1.165) is 11.1 Å². The van der Waals surface area contributed by atoms with Crippen LogP contribution in [0.4, 0.5) is 5.82 Å². The van der Waals surface area contributed by atoms with Gasteiger partial charge in [-0.15, -0.1) is 0 Å². The summed E-state index contributed by atoms with van der Waals surface area (Å²) in [6, 6.07) is 6.73. The number of carbonyl (C=O) groups excluding carboxylic acids is 1. The van der Waals surface area contributed by atoms with Crippen molar-refractivity contribution in [2.45, 2.75) is 45.6 Å². The lowest BCUT2D eigenvalue weighted by Gasteiger charge is -2.36. The van der Waals surface area contributed by atoms with Crippen molar-refractivity contribution in [3.8, 4) is 6.01 Å². The quantitative estimate of drug-likeness (QED) is 0.149. The van der Waals surface area contributed by atoms with Crippen molar-refractivity contribution in [3.63, 3.8) is 0 Å². The number of H-pyrrole nitrogens is 1. The van der Waals surface area contributed by atoms with E-state index >= 15 is 0 Å². The molecule has 1 fully saturated rings. The lowest BCUT2D eigenvalue weighted by molar-refractivity contribution is -0.149. The van der Waals surface area contributed by atoms with Gasteiger partial charge in [-0.1, -0.05) is 24.3 Å². The monoisotopic (exact) mass is 591 g/mol. The van der Waals surface area contributed by atoms with Crippen LogP contribution in [0, 0.1) is 0 Å². The number of anilines is 1. The van der Waals surface area contributed by atoms with E-state index in [-0.39, 0.29) is 37.2 Å². The first-order valence-corrected chi connectivity index (χ1v) is 15.3. The van der Waals surface area contributed by atoms with Crippen LogP contribution in [0.5, 0.6) is 6.01 Å². The van der Waals surface area contributed by atoms with E-state index in [4.69, 9.17) is 24.7 Å². The van der Waals surface area contributed by atoms with Crippen LogP contribution in [0.3, 0.4) is 0 Å². The largest absolute Gasteiger partial charge is 0.462 e. The topological polar surface area (TPSA) is 176 Å². The Morgan fingerprint density at radius 2 is 1.93 bits per heavy atom. The minimum absolute atomic E-state index is 0.0381. The van der Waals surface area contributed by atoms with Crippen LogP contribution in [-0.4, -0.2) is 88.9 Å². The molecule has 1 aromatic carbocycles. The van der Waals surface area contributed by atoms with Crippen LogP contribution in [0.1, 0.15) is 31.9 Å². The second-order valence-electron chi connectivity index (χ2n) is 10.0. The molecule has 14 nitrogen and oxygen atoms in total. The number of hydrogen-bond acceptors (Lipinski definition) is 10. The zero-order valence-electron chi connectivity index (χ0n) is 23.8. The van der Waals surface area contributed by atoms with Crippen molar-refractivity contribution in [2.75, 3.05) is 52.4 Å². The Morgan fingerprint density at radius 1 is 1.20 bits per heavy atom. The molecule has 1 aliphatic rings. The Hall–Kier alpha value is -3.29. The fourth-order valence-electron chi connectivity index (χ4n) is 4.51. The highest BCUT2D eigenvalue weighted by molar-refractivity contribution is 7.58. The third-order valence-corrected chi connectivity index (χ3v) is 9.32. The van der Waals surface area contributed by atoms with E-state index in [1.807, 2.05) is 28.9 Å². The Bertz CT molecular complexity index is 1450. The molecule has 3 heterocycles. The van der Waals surface area contributed by atoms with Crippen molar-refractivity contribution in [2.24, 2.45) is 0 Å². The van der Waals surface area contributed by atoms with Gasteiger partial charge < -0.3 is 29.7 Å². The number of methoxy groups -OCH3 is 1. The van der Waals surface area contributed by atoms with Crippen LogP contribution in [0.15, 0.2) is 29.1 Å². The van der Waals surface area contributed by atoms with Crippen LogP contribution >= 0.6 is 7.44 Å². The maximum Gasteiger partial charge on any atom is 0.328 e. The Balaban J connectivity index is 1.59. The number of rotatable bonds is 13. The first kappa shape index (κ1) is 30.7. The van der Waals surface area contributed by atoms with Crippen LogP contribution < -0.4 is 21.2 Å². The zero-order chi connectivity index (χ0) is 29.6. The molecule has 4 rings (SSSR count). The summed E-state index contributed by atoms with van der Waals surface area (Å²) in [4.78, 5) is 36.6. The minimum Gasteiger partial charge on any atom is -0.462 e. The summed E-state index contributed by atoms with van der Waals surface area (Å²) in [7, 11) is -1.72. The number of benzene rings is 1. The summed E-state index contributed by atoms with van der Waals surface area (Å²) < 4.78 is 39.0. The van der Waals surface area contributed by atoms with Gasteiger partial charge in [0.2, 0.25) is 7.44 Å². The lowest BCUT2D eigenvalue weighted by atomic mass is 10.1. The highest BCUT2D eigenvalue weighted by Crippen LogP contribution is 2.49. The predicted octanol–water partition coefficient (Wildman–Crippen LogP) is 1.73. The number of hydrogen-bond donors (Lipinski definition) is 3. The minimum atomic E-state index is -3.27. The van der Waals surface area contributed by atoms with Crippen LogP contribution in [0.25, 0.3) is 11.2 Å². The summed E-state index contributed by atoms with van der Waals surface area (Å²) in [6.07, 6.45) is -0.122. The fourth-order valence-corrected chi connectivity index (χ4v) is 7.17. The van der Waals surface area contributed by atoms with Crippen LogP contribution in [0.2, 0.25) is 0 Å². The first-order valence-electron chi connectivity index (χ1n) is 13.5. The first-order chi connectivity index (χ1) is 19.6. The van der Waals surface area contributed by atoms with Gasteiger partial charge in [-0.05, 0) is 31.9 Å². The maximum absolute atomic E-state index is 14.4. The van der Waals surface area contributed by atoms with E-state index in [0.29, 0.717) is 44.1 Å². The summed E-state index contributed by atoms with van der Waals surface area (Å²) >= 11 is 0. The molecule has 0 aliphatic carbocycles. The zero-order valence-corrected chi connectivity index (χ0v) is 24.7. The molecule has 3 aromatic rings. The average molecular weight is 592 g/mol. The van der Waals surface area contributed by atoms with E-state index in [2.05, 4.69) is 20.0 Å². The number of imidazole rings is 1. The van der Waals surface area contributed by atoms with Gasteiger partial charge in [0.05, 0.1) is 38.6 Å². The van der Waals surface area contributed by atoms with Crippen molar-refractivity contribution in [1.82, 2.24) is 29.3 Å². The Labute approximate surface area is 238 Å².